The van der Waals surface area contributed by atoms with Gasteiger partial charge in [0.25, 0.3) is 0 Å². The molecular weight excluding hydrogens is 340 g/mol. The molecule has 0 nitrogen and oxygen atoms in total. The van der Waals surface area contributed by atoms with E-state index in [1.54, 1.807) is 11.3 Å². The molecule has 0 unspecified atom stereocenters. The van der Waals surface area contributed by atoms with Gasteiger partial charge in [-0.15, -0.1) is 11.3 Å². The number of rotatable bonds is 2. The molecule has 0 aliphatic heterocycles. The van der Waals surface area contributed by atoms with Crippen molar-refractivity contribution < 1.29 is 0 Å². The summed E-state index contributed by atoms with van der Waals surface area (Å²) in [6.07, 6.45) is 6.26. The van der Waals surface area contributed by atoms with Crippen molar-refractivity contribution in [2.75, 3.05) is 0 Å². The van der Waals surface area contributed by atoms with Gasteiger partial charge in [-0.2, -0.15) is 0 Å². The van der Waals surface area contributed by atoms with Gasteiger partial charge >= 0.3 is 0 Å². The number of allylic oxidation sites excluding steroid dienone is 2. The molecule has 0 aliphatic rings. The first-order chi connectivity index (χ1) is 10.2. The summed E-state index contributed by atoms with van der Waals surface area (Å²) in [5, 5.41) is 2.51. The van der Waals surface area contributed by atoms with Crippen molar-refractivity contribution in [2.45, 2.75) is 6.92 Å². The molecule has 3 rings (SSSR count). The fourth-order valence-corrected chi connectivity index (χ4v) is 3.76. The summed E-state index contributed by atoms with van der Waals surface area (Å²) in [4.78, 5) is 0. The molecule has 1 aromatic heterocycles. The highest BCUT2D eigenvalue weighted by Gasteiger charge is 2.04. The molecule has 0 saturated heterocycles. The smallest absolute Gasteiger partial charge is 0.0355 e. The van der Waals surface area contributed by atoms with E-state index in [2.05, 4.69) is 71.1 Å². The third-order valence-corrected chi connectivity index (χ3v) is 4.95. The number of thiophene rings is 1. The van der Waals surface area contributed by atoms with Gasteiger partial charge in [0.2, 0.25) is 0 Å². The molecule has 0 saturated carbocycles. The fourth-order valence-electron chi connectivity index (χ4n) is 2.39. The van der Waals surface area contributed by atoms with Crippen LogP contribution >= 0.6 is 27.3 Å². The van der Waals surface area contributed by atoms with Crippen LogP contribution in [0.15, 0.2) is 59.1 Å². The first-order valence-corrected chi connectivity index (χ1v) is 8.40. The lowest BCUT2D eigenvalue weighted by Crippen LogP contribution is -2.15. The Hall–Kier alpha value is -1.64. The molecule has 3 aromatic rings. The Balaban J connectivity index is 2.26. The third kappa shape index (κ3) is 2.87. The van der Waals surface area contributed by atoms with Gasteiger partial charge in [0.15, 0.2) is 0 Å². The first-order valence-electron chi connectivity index (χ1n) is 6.79. The minimum Gasteiger partial charge on any atom is -0.136 e. The van der Waals surface area contributed by atoms with E-state index in [-0.39, 0.29) is 0 Å². The van der Waals surface area contributed by atoms with E-state index in [1.807, 2.05) is 19.1 Å². The second kappa shape index (κ2) is 6.00. The molecule has 0 aliphatic carbocycles. The summed E-state index contributed by atoms with van der Waals surface area (Å²) in [6, 6.07) is 15.0. The molecular formula is C19H15BrS. The third-order valence-electron chi connectivity index (χ3n) is 3.42. The van der Waals surface area contributed by atoms with Crippen LogP contribution in [-0.4, -0.2) is 0 Å². The summed E-state index contributed by atoms with van der Waals surface area (Å²) in [5.41, 5.74) is 2.46. The lowest BCUT2D eigenvalue weighted by molar-refractivity contribution is 1.61. The van der Waals surface area contributed by atoms with Gasteiger partial charge in [-0.25, -0.2) is 0 Å². The zero-order valence-corrected chi connectivity index (χ0v) is 14.2. The molecule has 0 radical (unpaired) electrons. The maximum atomic E-state index is 4.17. The van der Waals surface area contributed by atoms with E-state index >= 15 is 0 Å². The highest BCUT2D eigenvalue weighted by molar-refractivity contribution is 9.10. The normalized spacial score (nSPS) is 12.6. The predicted octanol–water partition coefficient (Wildman–Crippen LogP) is 5.10. The number of halogens is 1. The Morgan fingerprint density at radius 3 is 2.67 bits per heavy atom. The van der Waals surface area contributed by atoms with Crippen LogP contribution in [0.1, 0.15) is 6.92 Å². The molecule has 0 spiro atoms. The molecule has 1 heterocycles. The molecule has 0 amide bonds. The second-order valence-corrected chi connectivity index (χ2v) is 6.91. The van der Waals surface area contributed by atoms with Crippen LogP contribution < -0.4 is 9.75 Å². The average Bonchev–Trinajstić information content (AvgIpc) is 2.79. The van der Waals surface area contributed by atoms with Gasteiger partial charge in [0, 0.05) is 19.1 Å². The number of fused-ring (bicyclic) bond motifs is 1. The van der Waals surface area contributed by atoms with Crippen molar-refractivity contribution in [2.24, 2.45) is 0 Å². The van der Waals surface area contributed by atoms with Crippen molar-refractivity contribution in [3.05, 3.63) is 68.8 Å². The minimum atomic E-state index is 1.10. The maximum absolute atomic E-state index is 4.17. The monoisotopic (exact) mass is 354 g/mol. The topological polar surface area (TPSA) is 0 Å². The van der Waals surface area contributed by atoms with E-state index < -0.39 is 0 Å². The molecule has 0 N–H and O–H groups in total. The van der Waals surface area contributed by atoms with Crippen molar-refractivity contribution in [3.63, 3.8) is 0 Å². The van der Waals surface area contributed by atoms with Crippen molar-refractivity contribution in [3.8, 4) is 11.1 Å². The summed E-state index contributed by atoms with van der Waals surface area (Å²) in [7, 11) is 0. The van der Waals surface area contributed by atoms with Gasteiger partial charge in [0.05, 0.1) is 0 Å². The van der Waals surface area contributed by atoms with E-state index in [9.17, 15) is 0 Å². The lowest BCUT2D eigenvalue weighted by atomic mass is 10.0. The second-order valence-electron chi connectivity index (χ2n) is 4.85. The van der Waals surface area contributed by atoms with E-state index in [1.165, 1.54) is 26.4 Å². The zero-order chi connectivity index (χ0) is 14.8. The molecule has 0 fully saturated rings. The SMILES string of the molecule is C=c1sc2ccc(-c3cccc(Br)c3)cc2/c1=C/C=C\C. The number of benzene rings is 2. The van der Waals surface area contributed by atoms with Crippen LogP contribution in [0.5, 0.6) is 0 Å². The van der Waals surface area contributed by atoms with E-state index in [4.69, 9.17) is 0 Å². The lowest BCUT2D eigenvalue weighted by Gasteiger charge is -2.02. The van der Waals surface area contributed by atoms with Crippen LogP contribution in [0.25, 0.3) is 33.9 Å². The Morgan fingerprint density at radius 1 is 1.10 bits per heavy atom. The van der Waals surface area contributed by atoms with Crippen LogP contribution in [0.4, 0.5) is 0 Å². The molecule has 0 atom stereocenters. The summed E-state index contributed by atoms with van der Waals surface area (Å²) >= 11 is 5.29. The van der Waals surface area contributed by atoms with Crippen LogP contribution in [0.2, 0.25) is 0 Å². The molecule has 2 aromatic carbocycles. The fraction of sp³-hybridized carbons (Fsp3) is 0.0526. The van der Waals surface area contributed by atoms with Crippen LogP contribution in [0.3, 0.4) is 0 Å². The Kier molecular flexibility index (Phi) is 4.09. The maximum Gasteiger partial charge on any atom is 0.0355 e. The summed E-state index contributed by atoms with van der Waals surface area (Å²) < 4.78 is 3.51. The van der Waals surface area contributed by atoms with Gasteiger partial charge in [-0.3, -0.25) is 0 Å². The molecule has 21 heavy (non-hydrogen) atoms. The Labute approximate surface area is 136 Å². The number of hydrogen-bond acceptors (Lipinski definition) is 1. The summed E-state index contributed by atoms with van der Waals surface area (Å²) in [6.45, 7) is 6.20. The summed E-state index contributed by atoms with van der Waals surface area (Å²) in [5.74, 6) is 0. The van der Waals surface area contributed by atoms with Crippen LogP contribution in [0, 0.1) is 0 Å². The molecule has 2 heteroatoms. The highest BCUT2D eigenvalue weighted by Crippen LogP contribution is 2.26. The first kappa shape index (κ1) is 14.3. The standard InChI is InChI=1S/C19H15BrS/c1-3-4-8-17-13(2)21-19-10-9-15(12-18(17)19)14-6-5-7-16(20)11-14/h3-12H,2H2,1H3/b4-3-,17-8+. The van der Waals surface area contributed by atoms with Gasteiger partial charge in [-0.05, 0) is 47.5 Å². The van der Waals surface area contributed by atoms with Gasteiger partial charge in [0.1, 0.15) is 0 Å². The van der Waals surface area contributed by atoms with Crippen molar-refractivity contribution in [1.82, 2.24) is 0 Å². The van der Waals surface area contributed by atoms with Crippen molar-refractivity contribution >= 4 is 50.0 Å². The predicted molar refractivity (Wildman–Crippen MR) is 99.0 cm³/mol. The van der Waals surface area contributed by atoms with Gasteiger partial charge in [-0.1, -0.05) is 58.9 Å². The Bertz CT molecular complexity index is 932. The quantitative estimate of drug-likeness (QED) is 0.600. The Morgan fingerprint density at radius 2 is 1.90 bits per heavy atom. The van der Waals surface area contributed by atoms with E-state index in [0.717, 1.165) is 9.01 Å². The minimum absolute atomic E-state index is 1.10. The van der Waals surface area contributed by atoms with Crippen LogP contribution in [-0.2, 0) is 0 Å². The molecule has 104 valence electrons. The molecule has 0 bridgehead atoms. The zero-order valence-electron chi connectivity index (χ0n) is 11.8. The highest BCUT2D eigenvalue weighted by atomic mass is 79.9. The largest absolute Gasteiger partial charge is 0.136 e. The average molecular weight is 355 g/mol. The van der Waals surface area contributed by atoms with Gasteiger partial charge < -0.3 is 0 Å². The van der Waals surface area contributed by atoms with Crippen molar-refractivity contribution in [1.29, 1.82) is 0 Å². The van der Waals surface area contributed by atoms with E-state index in [0.29, 0.717) is 0 Å². The number of hydrogen-bond donors (Lipinski definition) is 0.